The van der Waals surface area contributed by atoms with Crippen LogP contribution in [0.15, 0.2) is 30.3 Å². The van der Waals surface area contributed by atoms with Gasteiger partial charge >= 0.3 is 6.09 Å². The van der Waals surface area contributed by atoms with Crippen LogP contribution in [0, 0.1) is 0 Å². The fraction of sp³-hybridized carbons (Fsp3) is 0.632. The van der Waals surface area contributed by atoms with Gasteiger partial charge in [-0.2, -0.15) is 8.78 Å². The van der Waals surface area contributed by atoms with Crippen LogP contribution in [0.1, 0.15) is 52.0 Å². The second-order valence-corrected chi connectivity index (χ2v) is 7.50. The van der Waals surface area contributed by atoms with Gasteiger partial charge < -0.3 is 14.8 Å². The van der Waals surface area contributed by atoms with E-state index in [9.17, 15) is 13.6 Å². The molecule has 1 amide bonds. The van der Waals surface area contributed by atoms with Crippen molar-refractivity contribution < 1.29 is 23.0 Å². The molecular formula is C19H27F2NO3. The fourth-order valence-corrected chi connectivity index (χ4v) is 2.84. The van der Waals surface area contributed by atoms with Crippen molar-refractivity contribution in [1.82, 2.24) is 5.32 Å². The molecule has 0 radical (unpaired) electrons. The second-order valence-electron chi connectivity index (χ2n) is 7.50. The van der Waals surface area contributed by atoms with Gasteiger partial charge in [0.15, 0.2) is 0 Å². The molecule has 0 saturated heterocycles. The lowest BCUT2D eigenvalue weighted by Gasteiger charge is -2.31. The van der Waals surface area contributed by atoms with Crippen molar-refractivity contribution in [3.05, 3.63) is 35.9 Å². The Labute approximate surface area is 147 Å². The minimum absolute atomic E-state index is 0.00401. The molecule has 1 N–H and O–H groups in total. The van der Waals surface area contributed by atoms with Crippen LogP contribution in [0.2, 0.25) is 0 Å². The second kappa shape index (κ2) is 8.13. The highest BCUT2D eigenvalue weighted by atomic mass is 19.3. The average molecular weight is 355 g/mol. The Hall–Kier alpha value is -1.69. The Morgan fingerprint density at radius 1 is 1.12 bits per heavy atom. The molecule has 1 aromatic carbocycles. The predicted octanol–water partition coefficient (Wildman–Crippen LogP) is 4.63. The SMILES string of the molecule is CC(C)(C)OC(=O)NC1CCC(OCC(F)(F)c2ccccc2)CC1. The van der Waals surface area contributed by atoms with Crippen LogP contribution >= 0.6 is 0 Å². The number of halogens is 2. The van der Waals surface area contributed by atoms with E-state index in [0.717, 1.165) is 0 Å². The minimum Gasteiger partial charge on any atom is -0.444 e. The van der Waals surface area contributed by atoms with Crippen molar-refractivity contribution in [2.75, 3.05) is 6.61 Å². The molecule has 0 aromatic heterocycles. The Morgan fingerprint density at radius 2 is 1.72 bits per heavy atom. The van der Waals surface area contributed by atoms with E-state index in [0.29, 0.717) is 25.7 Å². The van der Waals surface area contributed by atoms with E-state index >= 15 is 0 Å². The molecule has 25 heavy (non-hydrogen) atoms. The lowest BCUT2D eigenvalue weighted by Crippen LogP contribution is -2.42. The smallest absolute Gasteiger partial charge is 0.407 e. The first-order valence-electron chi connectivity index (χ1n) is 8.70. The first-order valence-corrected chi connectivity index (χ1v) is 8.70. The van der Waals surface area contributed by atoms with Gasteiger partial charge in [-0.3, -0.25) is 0 Å². The fourth-order valence-electron chi connectivity index (χ4n) is 2.84. The molecule has 1 fully saturated rings. The molecule has 6 heteroatoms. The van der Waals surface area contributed by atoms with Gasteiger partial charge in [0.2, 0.25) is 0 Å². The van der Waals surface area contributed by atoms with Gasteiger partial charge in [0.05, 0.1) is 6.10 Å². The molecule has 1 saturated carbocycles. The van der Waals surface area contributed by atoms with Crippen LogP contribution < -0.4 is 5.32 Å². The number of nitrogens with one attached hydrogen (secondary N) is 1. The summed E-state index contributed by atoms with van der Waals surface area (Å²) in [4.78, 5) is 11.8. The molecule has 1 aliphatic carbocycles. The third kappa shape index (κ3) is 6.61. The first-order chi connectivity index (χ1) is 11.7. The highest BCUT2D eigenvalue weighted by molar-refractivity contribution is 5.68. The van der Waals surface area contributed by atoms with Gasteiger partial charge in [-0.15, -0.1) is 0 Å². The molecular weight excluding hydrogens is 328 g/mol. The summed E-state index contributed by atoms with van der Waals surface area (Å²) in [5.74, 6) is -2.99. The van der Waals surface area contributed by atoms with Crippen molar-refractivity contribution >= 4 is 6.09 Å². The van der Waals surface area contributed by atoms with Crippen LogP contribution in [0.25, 0.3) is 0 Å². The number of carbonyl (C=O) groups excluding carboxylic acids is 1. The number of rotatable bonds is 5. The van der Waals surface area contributed by atoms with E-state index in [2.05, 4.69) is 5.32 Å². The van der Waals surface area contributed by atoms with Gasteiger partial charge in [-0.05, 0) is 46.5 Å². The minimum atomic E-state index is -2.99. The highest BCUT2D eigenvalue weighted by Crippen LogP contribution is 2.30. The molecule has 0 atom stereocenters. The molecule has 0 unspecified atom stereocenters. The molecule has 2 rings (SSSR count). The Kier molecular flexibility index (Phi) is 6.38. The first kappa shape index (κ1) is 19.6. The summed E-state index contributed by atoms with van der Waals surface area (Å²) >= 11 is 0. The highest BCUT2D eigenvalue weighted by Gasteiger charge is 2.34. The summed E-state index contributed by atoms with van der Waals surface area (Å²) in [5, 5.41) is 2.83. The number of ether oxygens (including phenoxy) is 2. The van der Waals surface area contributed by atoms with E-state index in [-0.39, 0.29) is 17.7 Å². The number of hydrogen-bond acceptors (Lipinski definition) is 3. The molecule has 0 bridgehead atoms. The lowest BCUT2D eigenvalue weighted by molar-refractivity contribution is -0.112. The third-order valence-corrected chi connectivity index (χ3v) is 4.09. The van der Waals surface area contributed by atoms with Crippen LogP contribution in [0.5, 0.6) is 0 Å². The maximum absolute atomic E-state index is 14.1. The molecule has 140 valence electrons. The summed E-state index contributed by atoms with van der Waals surface area (Å²) in [6.45, 7) is 4.81. The van der Waals surface area contributed by atoms with Crippen molar-refractivity contribution in [3.63, 3.8) is 0 Å². The summed E-state index contributed by atoms with van der Waals surface area (Å²) in [6.07, 6.45) is 2.04. The summed E-state index contributed by atoms with van der Waals surface area (Å²) in [7, 11) is 0. The summed E-state index contributed by atoms with van der Waals surface area (Å²) in [6, 6.07) is 7.72. The van der Waals surface area contributed by atoms with Crippen LogP contribution in [0.4, 0.5) is 13.6 Å². The number of alkyl halides is 2. The van der Waals surface area contributed by atoms with Crippen molar-refractivity contribution in [3.8, 4) is 0 Å². The monoisotopic (exact) mass is 355 g/mol. The molecule has 1 aliphatic rings. The average Bonchev–Trinajstić information content (AvgIpc) is 2.53. The van der Waals surface area contributed by atoms with Crippen molar-refractivity contribution in [2.45, 2.75) is 70.1 Å². The number of alkyl carbamates (subject to hydrolysis) is 1. The quantitative estimate of drug-likeness (QED) is 0.838. The third-order valence-electron chi connectivity index (χ3n) is 4.09. The molecule has 0 heterocycles. The van der Waals surface area contributed by atoms with Gasteiger partial charge in [0.25, 0.3) is 5.92 Å². The zero-order valence-corrected chi connectivity index (χ0v) is 15.1. The summed E-state index contributed by atoms with van der Waals surface area (Å²) < 4.78 is 38.9. The Bertz CT molecular complexity index is 550. The maximum Gasteiger partial charge on any atom is 0.407 e. The zero-order chi connectivity index (χ0) is 18.5. The van der Waals surface area contributed by atoms with Gasteiger partial charge in [0, 0.05) is 11.6 Å². The summed E-state index contributed by atoms with van der Waals surface area (Å²) in [5.41, 5.74) is -0.566. The van der Waals surface area contributed by atoms with E-state index in [1.807, 2.05) is 20.8 Å². The molecule has 0 spiro atoms. The number of benzene rings is 1. The van der Waals surface area contributed by atoms with Crippen molar-refractivity contribution in [2.24, 2.45) is 0 Å². The largest absolute Gasteiger partial charge is 0.444 e. The van der Waals surface area contributed by atoms with Crippen LogP contribution in [-0.2, 0) is 15.4 Å². The number of amides is 1. The normalized spacial score (nSPS) is 21.6. The Balaban J connectivity index is 1.73. The number of carbonyl (C=O) groups is 1. The number of hydrogen-bond donors (Lipinski definition) is 1. The van der Waals surface area contributed by atoms with Crippen molar-refractivity contribution in [1.29, 1.82) is 0 Å². The van der Waals surface area contributed by atoms with Gasteiger partial charge in [0.1, 0.15) is 12.2 Å². The standard InChI is InChI=1S/C19H27F2NO3/c1-18(2,3)25-17(23)22-15-9-11-16(12-10-15)24-13-19(20,21)14-7-5-4-6-8-14/h4-8,15-16H,9-13H2,1-3H3,(H,22,23). The topological polar surface area (TPSA) is 47.6 Å². The van der Waals surface area contributed by atoms with E-state index < -0.39 is 24.2 Å². The van der Waals surface area contributed by atoms with Gasteiger partial charge in [-0.25, -0.2) is 4.79 Å². The van der Waals surface area contributed by atoms with Gasteiger partial charge in [-0.1, -0.05) is 30.3 Å². The van der Waals surface area contributed by atoms with E-state index in [4.69, 9.17) is 9.47 Å². The molecule has 1 aromatic rings. The predicted molar refractivity (Wildman–Crippen MR) is 91.7 cm³/mol. The van der Waals surface area contributed by atoms with Crippen LogP contribution in [0.3, 0.4) is 0 Å². The Morgan fingerprint density at radius 3 is 2.28 bits per heavy atom. The maximum atomic E-state index is 14.1. The zero-order valence-electron chi connectivity index (χ0n) is 15.1. The molecule has 4 nitrogen and oxygen atoms in total. The molecule has 0 aliphatic heterocycles. The lowest BCUT2D eigenvalue weighted by atomic mass is 9.93. The van der Waals surface area contributed by atoms with E-state index in [1.54, 1.807) is 18.2 Å². The van der Waals surface area contributed by atoms with Crippen LogP contribution in [-0.4, -0.2) is 30.4 Å². The van der Waals surface area contributed by atoms with E-state index in [1.165, 1.54) is 12.1 Å².